The molecular formula is C20H33N3O4S. The number of sulfonamides is 1. The number of likely N-dealkylation sites (tertiary alicyclic amines) is 1. The first kappa shape index (κ1) is 22.6. The smallest absolute Gasteiger partial charge is 0.251 e. The molecule has 7 nitrogen and oxygen atoms in total. The van der Waals surface area contributed by atoms with Crippen molar-refractivity contribution >= 4 is 15.9 Å². The number of nitrogens with zero attached hydrogens (tertiary/aromatic N) is 1. The molecule has 1 aromatic rings. The number of methoxy groups -OCH3 is 1. The fourth-order valence-corrected chi connectivity index (χ4v) is 4.74. The third-order valence-electron chi connectivity index (χ3n) is 4.92. The van der Waals surface area contributed by atoms with E-state index < -0.39 is 10.0 Å². The van der Waals surface area contributed by atoms with E-state index in [0.29, 0.717) is 12.1 Å². The Morgan fingerprint density at radius 3 is 2.57 bits per heavy atom. The third kappa shape index (κ3) is 6.46. The van der Waals surface area contributed by atoms with E-state index in [1.807, 2.05) is 0 Å². The van der Waals surface area contributed by atoms with Crippen molar-refractivity contribution < 1.29 is 17.9 Å². The summed E-state index contributed by atoms with van der Waals surface area (Å²) in [5.74, 6) is 0.738. The van der Waals surface area contributed by atoms with Crippen molar-refractivity contribution in [3.8, 4) is 5.75 Å². The average Bonchev–Trinajstić information content (AvgIpc) is 2.65. The molecular weight excluding hydrogens is 378 g/mol. The van der Waals surface area contributed by atoms with Gasteiger partial charge in [0.05, 0.1) is 7.11 Å². The Morgan fingerprint density at radius 2 is 1.96 bits per heavy atom. The van der Waals surface area contributed by atoms with Crippen LogP contribution in [0.5, 0.6) is 5.75 Å². The van der Waals surface area contributed by atoms with Gasteiger partial charge in [0.15, 0.2) is 0 Å². The van der Waals surface area contributed by atoms with Crippen LogP contribution in [0.1, 0.15) is 50.4 Å². The molecule has 0 aromatic heterocycles. The highest BCUT2D eigenvalue weighted by atomic mass is 32.2. The molecule has 1 amide bonds. The first-order valence-corrected chi connectivity index (χ1v) is 11.4. The Morgan fingerprint density at radius 1 is 1.29 bits per heavy atom. The van der Waals surface area contributed by atoms with Crippen LogP contribution in [0.2, 0.25) is 0 Å². The van der Waals surface area contributed by atoms with Gasteiger partial charge in [-0.3, -0.25) is 4.79 Å². The maximum Gasteiger partial charge on any atom is 0.251 e. The maximum atomic E-state index is 12.5. The van der Waals surface area contributed by atoms with Gasteiger partial charge in [-0.25, -0.2) is 13.1 Å². The van der Waals surface area contributed by atoms with Crippen molar-refractivity contribution in [3.05, 3.63) is 23.8 Å². The Labute approximate surface area is 168 Å². The molecule has 1 heterocycles. The molecule has 0 unspecified atom stereocenters. The largest absolute Gasteiger partial charge is 0.495 e. The summed E-state index contributed by atoms with van der Waals surface area (Å²) in [5.41, 5.74) is 0.303. The summed E-state index contributed by atoms with van der Waals surface area (Å²) in [7, 11) is -2.36. The lowest BCUT2D eigenvalue weighted by atomic mass is 9.99. The summed E-state index contributed by atoms with van der Waals surface area (Å²) >= 11 is 0. The van der Waals surface area contributed by atoms with E-state index in [9.17, 15) is 13.2 Å². The number of amides is 1. The number of carbonyl (C=O) groups excluding carboxylic acids is 1. The zero-order chi connectivity index (χ0) is 20.7. The molecule has 0 radical (unpaired) electrons. The van der Waals surface area contributed by atoms with Crippen LogP contribution in [0.3, 0.4) is 0 Å². The van der Waals surface area contributed by atoms with Crippen molar-refractivity contribution in [1.29, 1.82) is 0 Å². The zero-order valence-electron chi connectivity index (χ0n) is 17.3. The summed E-state index contributed by atoms with van der Waals surface area (Å²) in [4.78, 5) is 14.9. The van der Waals surface area contributed by atoms with Gasteiger partial charge in [-0.05, 0) is 76.9 Å². The molecule has 28 heavy (non-hydrogen) atoms. The van der Waals surface area contributed by atoms with Crippen LogP contribution in [0.15, 0.2) is 23.1 Å². The second-order valence-electron chi connectivity index (χ2n) is 7.78. The summed E-state index contributed by atoms with van der Waals surface area (Å²) < 4.78 is 32.7. The highest BCUT2D eigenvalue weighted by Crippen LogP contribution is 2.25. The number of rotatable bonds is 9. The zero-order valence-corrected chi connectivity index (χ0v) is 18.1. The van der Waals surface area contributed by atoms with Gasteiger partial charge in [0.25, 0.3) is 5.91 Å². The molecule has 1 fully saturated rings. The molecule has 2 rings (SSSR count). The second kappa shape index (κ2) is 10.2. The van der Waals surface area contributed by atoms with Crippen LogP contribution in [0.4, 0.5) is 0 Å². The van der Waals surface area contributed by atoms with Crippen LogP contribution in [0, 0.1) is 5.92 Å². The lowest BCUT2D eigenvalue weighted by Crippen LogP contribution is -2.35. The first-order chi connectivity index (χ1) is 13.2. The van der Waals surface area contributed by atoms with E-state index in [-0.39, 0.29) is 22.6 Å². The average molecular weight is 412 g/mol. The van der Waals surface area contributed by atoms with Gasteiger partial charge in [0, 0.05) is 18.2 Å². The van der Waals surface area contributed by atoms with Crippen molar-refractivity contribution in [2.24, 2.45) is 5.92 Å². The highest BCUT2D eigenvalue weighted by Gasteiger charge is 2.22. The van der Waals surface area contributed by atoms with E-state index >= 15 is 0 Å². The van der Waals surface area contributed by atoms with Gasteiger partial charge in [0.1, 0.15) is 10.6 Å². The summed E-state index contributed by atoms with van der Waals surface area (Å²) in [6, 6.07) is 4.20. The number of carbonyl (C=O) groups is 1. The lowest BCUT2D eigenvalue weighted by Gasteiger charge is -2.30. The molecule has 0 bridgehead atoms. The monoisotopic (exact) mass is 411 g/mol. The Bertz CT molecular complexity index is 757. The predicted octanol–water partition coefficient (Wildman–Crippen LogP) is 2.23. The van der Waals surface area contributed by atoms with Crippen LogP contribution >= 0.6 is 0 Å². The molecule has 2 N–H and O–H groups in total. The van der Waals surface area contributed by atoms with Crippen molar-refractivity contribution in [2.75, 3.05) is 33.3 Å². The number of ether oxygens (including phenoxy) is 1. The highest BCUT2D eigenvalue weighted by molar-refractivity contribution is 7.89. The molecule has 1 saturated heterocycles. The fraction of sp³-hybridized carbons (Fsp3) is 0.650. The molecule has 1 aromatic carbocycles. The van der Waals surface area contributed by atoms with E-state index in [4.69, 9.17) is 4.74 Å². The van der Waals surface area contributed by atoms with Crippen molar-refractivity contribution in [3.63, 3.8) is 0 Å². The minimum atomic E-state index is -3.76. The van der Waals surface area contributed by atoms with E-state index in [1.54, 1.807) is 19.9 Å². The predicted molar refractivity (Wildman–Crippen MR) is 110 cm³/mol. The van der Waals surface area contributed by atoms with E-state index in [0.717, 1.165) is 32.0 Å². The maximum absolute atomic E-state index is 12.5. The number of hydrogen-bond donors (Lipinski definition) is 2. The molecule has 0 spiro atoms. The fourth-order valence-electron chi connectivity index (χ4n) is 3.29. The quantitative estimate of drug-likeness (QED) is 0.609. The third-order valence-corrected chi connectivity index (χ3v) is 6.60. The van der Waals surface area contributed by atoms with Crippen LogP contribution < -0.4 is 14.8 Å². The minimum absolute atomic E-state index is 0.0289. The van der Waals surface area contributed by atoms with Gasteiger partial charge in [-0.1, -0.05) is 6.92 Å². The molecule has 0 saturated carbocycles. The Balaban J connectivity index is 1.95. The number of piperidine rings is 1. The SMILES string of the molecule is COc1ccc(C(=O)NCCCN2CCC(C)CC2)cc1S(=O)(=O)NC(C)C. The molecule has 1 aliphatic rings. The van der Waals surface area contributed by atoms with E-state index in [1.165, 1.54) is 32.1 Å². The van der Waals surface area contributed by atoms with Gasteiger partial charge in [-0.2, -0.15) is 0 Å². The molecule has 158 valence electrons. The van der Waals surface area contributed by atoms with E-state index in [2.05, 4.69) is 21.9 Å². The lowest BCUT2D eigenvalue weighted by molar-refractivity contribution is 0.0950. The Kier molecular flexibility index (Phi) is 8.27. The van der Waals surface area contributed by atoms with Crippen molar-refractivity contribution in [1.82, 2.24) is 14.9 Å². The van der Waals surface area contributed by atoms with Crippen LogP contribution in [0.25, 0.3) is 0 Å². The normalized spacial score (nSPS) is 16.3. The standard InChI is InChI=1S/C20H33N3O4S/c1-15(2)22-28(25,26)19-14-17(6-7-18(19)27-4)20(24)21-10-5-11-23-12-8-16(3)9-13-23/h6-7,14-16,22H,5,8-13H2,1-4H3,(H,21,24). The van der Waals surface area contributed by atoms with Gasteiger partial charge in [0.2, 0.25) is 10.0 Å². The first-order valence-electron chi connectivity index (χ1n) is 9.94. The summed E-state index contributed by atoms with van der Waals surface area (Å²) in [6.45, 7) is 9.54. The summed E-state index contributed by atoms with van der Waals surface area (Å²) in [5, 5.41) is 2.88. The number of hydrogen-bond acceptors (Lipinski definition) is 5. The molecule has 1 aliphatic heterocycles. The van der Waals surface area contributed by atoms with Gasteiger partial charge in [-0.15, -0.1) is 0 Å². The number of benzene rings is 1. The Hall–Kier alpha value is -1.64. The molecule has 0 aliphatic carbocycles. The number of nitrogens with one attached hydrogen (secondary N) is 2. The second-order valence-corrected chi connectivity index (χ2v) is 9.46. The van der Waals surface area contributed by atoms with Gasteiger partial charge < -0.3 is 15.0 Å². The van der Waals surface area contributed by atoms with Crippen LogP contribution in [-0.4, -0.2) is 58.6 Å². The van der Waals surface area contributed by atoms with Crippen molar-refractivity contribution in [2.45, 2.75) is 51.0 Å². The minimum Gasteiger partial charge on any atom is -0.495 e. The topological polar surface area (TPSA) is 87.7 Å². The molecule has 8 heteroatoms. The molecule has 0 atom stereocenters. The van der Waals surface area contributed by atoms with Crippen LogP contribution in [-0.2, 0) is 10.0 Å². The summed E-state index contributed by atoms with van der Waals surface area (Å²) in [6.07, 6.45) is 3.34. The van der Waals surface area contributed by atoms with Gasteiger partial charge >= 0.3 is 0 Å².